The molecule has 2 aliphatic rings. The number of fused-ring (bicyclic) bond motifs is 2. The second-order valence-corrected chi connectivity index (χ2v) is 7.88. The molecule has 2 aliphatic heterocycles. The summed E-state index contributed by atoms with van der Waals surface area (Å²) in [5.41, 5.74) is 3.99. The third-order valence-corrected chi connectivity index (χ3v) is 5.54. The molecule has 0 saturated carbocycles. The van der Waals surface area contributed by atoms with Crippen LogP contribution in [0.5, 0.6) is 0 Å². The highest BCUT2D eigenvalue weighted by Gasteiger charge is 2.63. The summed E-state index contributed by atoms with van der Waals surface area (Å²) in [6.07, 6.45) is -0.526. The first-order chi connectivity index (χ1) is 15.7. The summed E-state index contributed by atoms with van der Waals surface area (Å²) in [4.78, 5) is 52.1. The van der Waals surface area contributed by atoms with Crippen molar-refractivity contribution in [1.82, 2.24) is 0 Å². The Morgan fingerprint density at radius 2 is 1.64 bits per heavy atom. The topological polar surface area (TPSA) is 143 Å². The quantitative estimate of drug-likeness (QED) is 0.403. The van der Waals surface area contributed by atoms with Crippen LogP contribution in [-0.4, -0.2) is 43.7 Å². The number of esters is 4. The van der Waals surface area contributed by atoms with Gasteiger partial charge in [-0.3, -0.25) is 4.79 Å². The van der Waals surface area contributed by atoms with E-state index in [4.69, 9.17) is 24.7 Å². The number of hydrogen-bond donors (Lipinski definition) is 2. The van der Waals surface area contributed by atoms with Crippen molar-refractivity contribution >= 4 is 45.5 Å². The first-order valence-electron chi connectivity index (χ1n) is 10.2. The SMILES string of the molecule is CCOC(=O)CC1=C(C(=O)OCC)[C@]2(C(=O)O1)C(C(=O)OCC)=C(N)Nc1ccc(Br)cc12. The standard InChI is InChI=1S/C22H23BrN2O8/c1-4-30-15(26)10-14-16(19(27)31-5-2)22(21(29)33-14)12-9-11(23)7-8-13(12)25-18(24)17(22)20(28)32-6-3/h7-9,25H,4-6,10,24H2,1-3H3/t22-/m0/s1. The highest BCUT2D eigenvalue weighted by Crippen LogP contribution is 2.53. The highest BCUT2D eigenvalue weighted by atomic mass is 79.9. The van der Waals surface area contributed by atoms with Gasteiger partial charge in [-0.15, -0.1) is 0 Å². The van der Waals surface area contributed by atoms with E-state index in [1.807, 2.05) is 0 Å². The van der Waals surface area contributed by atoms with Gasteiger partial charge in [0.1, 0.15) is 29.1 Å². The largest absolute Gasteiger partial charge is 0.466 e. The van der Waals surface area contributed by atoms with Crippen LogP contribution in [0.4, 0.5) is 5.69 Å². The monoisotopic (exact) mass is 522 g/mol. The molecule has 0 aliphatic carbocycles. The van der Waals surface area contributed by atoms with E-state index in [-0.39, 0.29) is 48.1 Å². The van der Waals surface area contributed by atoms with Gasteiger partial charge in [0.2, 0.25) is 0 Å². The molecule has 0 saturated heterocycles. The fraction of sp³-hybridized carbons (Fsp3) is 0.364. The smallest absolute Gasteiger partial charge is 0.339 e. The number of carbonyl (C=O) groups excluding carboxylic acids is 4. The number of nitrogens with one attached hydrogen (secondary N) is 1. The van der Waals surface area contributed by atoms with Crippen LogP contribution in [0.25, 0.3) is 0 Å². The van der Waals surface area contributed by atoms with Gasteiger partial charge in [-0.25, -0.2) is 14.4 Å². The molecule has 1 aromatic rings. The van der Waals surface area contributed by atoms with E-state index < -0.39 is 35.7 Å². The van der Waals surface area contributed by atoms with Gasteiger partial charge in [0, 0.05) is 15.7 Å². The van der Waals surface area contributed by atoms with Crippen LogP contribution in [0, 0.1) is 0 Å². The Bertz CT molecular complexity index is 1090. The molecule has 0 radical (unpaired) electrons. The van der Waals surface area contributed by atoms with Crippen molar-refractivity contribution in [2.24, 2.45) is 5.73 Å². The van der Waals surface area contributed by atoms with Crippen molar-refractivity contribution < 1.29 is 38.1 Å². The number of rotatable bonds is 7. The molecule has 2 heterocycles. The minimum atomic E-state index is -2.12. The molecule has 11 heteroatoms. The lowest BCUT2D eigenvalue weighted by atomic mass is 9.66. The maximum Gasteiger partial charge on any atom is 0.339 e. The highest BCUT2D eigenvalue weighted by molar-refractivity contribution is 9.10. The Balaban J connectivity index is 2.40. The number of hydrogen-bond acceptors (Lipinski definition) is 10. The second-order valence-electron chi connectivity index (χ2n) is 6.96. The van der Waals surface area contributed by atoms with Gasteiger partial charge in [0.25, 0.3) is 0 Å². The molecular formula is C22H23BrN2O8. The predicted octanol–water partition coefficient (Wildman–Crippen LogP) is 2.17. The molecule has 176 valence electrons. The summed E-state index contributed by atoms with van der Waals surface area (Å²) in [7, 11) is 0. The number of halogens is 1. The van der Waals surface area contributed by atoms with Crippen LogP contribution in [0.1, 0.15) is 32.8 Å². The van der Waals surface area contributed by atoms with Crippen LogP contribution in [0.15, 0.2) is 45.4 Å². The van der Waals surface area contributed by atoms with Crippen LogP contribution >= 0.6 is 15.9 Å². The van der Waals surface area contributed by atoms with Gasteiger partial charge in [0.15, 0.2) is 5.41 Å². The maximum atomic E-state index is 13.6. The van der Waals surface area contributed by atoms with E-state index in [0.29, 0.717) is 10.2 Å². The Labute approximate surface area is 198 Å². The summed E-state index contributed by atoms with van der Waals surface area (Å²) in [5.74, 6) is -4.05. The lowest BCUT2D eigenvalue weighted by molar-refractivity contribution is -0.148. The van der Waals surface area contributed by atoms with E-state index in [0.717, 1.165) is 0 Å². The van der Waals surface area contributed by atoms with Crippen LogP contribution in [0.2, 0.25) is 0 Å². The average molecular weight is 523 g/mol. The van der Waals surface area contributed by atoms with E-state index in [1.165, 1.54) is 0 Å². The molecule has 1 atom stereocenters. The number of carbonyl (C=O) groups is 4. The Hall–Kier alpha value is -3.34. The van der Waals surface area contributed by atoms with Gasteiger partial charge in [-0.1, -0.05) is 15.9 Å². The maximum absolute atomic E-state index is 13.6. The molecule has 0 aromatic heterocycles. The molecule has 33 heavy (non-hydrogen) atoms. The fourth-order valence-corrected chi connectivity index (χ4v) is 4.27. The normalized spacial score (nSPS) is 19.1. The molecule has 3 N–H and O–H groups in total. The number of nitrogens with two attached hydrogens (primary N) is 1. The molecule has 1 aromatic carbocycles. The first-order valence-corrected chi connectivity index (χ1v) is 11.0. The zero-order chi connectivity index (χ0) is 24.3. The summed E-state index contributed by atoms with van der Waals surface area (Å²) < 4.78 is 21.4. The molecule has 0 fully saturated rings. The predicted molar refractivity (Wildman–Crippen MR) is 118 cm³/mol. The van der Waals surface area contributed by atoms with E-state index in [2.05, 4.69) is 21.2 Å². The Morgan fingerprint density at radius 1 is 1.03 bits per heavy atom. The number of ether oxygens (including phenoxy) is 4. The van der Waals surface area contributed by atoms with Crippen molar-refractivity contribution in [1.29, 1.82) is 0 Å². The van der Waals surface area contributed by atoms with Crippen molar-refractivity contribution in [3.63, 3.8) is 0 Å². The van der Waals surface area contributed by atoms with E-state index in [1.54, 1.807) is 39.0 Å². The zero-order valence-corrected chi connectivity index (χ0v) is 19.9. The van der Waals surface area contributed by atoms with E-state index in [9.17, 15) is 19.2 Å². The average Bonchev–Trinajstić information content (AvgIpc) is 3.01. The zero-order valence-electron chi connectivity index (χ0n) is 18.3. The summed E-state index contributed by atoms with van der Waals surface area (Å²) in [6.45, 7) is 4.82. The van der Waals surface area contributed by atoms with Crippen molar-refractivity contribution in [3.05, 3.63) is 51.0 Å². The number of benzene rings is 1. The Kier molecular flexibility index (Phi) is 7.11. The number of anilines is 1. The molecule has 0 unspecified atom stereocenters. The lowest BCUT2D eigenvalue weighted by Crippen LogP contribution is -2.48. The lowest BCUT2D eigenvalue weighted by Gasteiger charge is -2.36. The summed E-state index contributed by atoms with van der Waals surface area (Å²) in [5, 5.41) is 2.88. The van der Waals surface area contributed by atoms with Gasteiger partial charge >= 0.3 is 23.9 Å². The van der Waals surface area contributed by atoms with Crippen molar-refractivity contribution in [2.75, 3.05) is 25.1 Å². The molecule has 10 nitrogen and oxygen atoms in total. The summed E-state index contributed by atoms with van der Waals surface area (Å²) >= 11 is 3.36. The second kappa shape index (κ2) is 9.65. The van der Waals surface area contributed by atoms with Gasteiger partial charge < -0.3 is 30.0 Å². The molecule has 1 spiro atoms. The van der Waals surface area contributed by atoms with Crippen LogP contribution < -0.4 is 11.1 Å². The van der Waals surface area contributed by atoms with Gasteiger partial charge in [-0.2, -0.15) is 0 Å². The fourth-order valence-electron chi connectivity index (χ4n) is 3.91. The molecule has 3 rings (SSSR count). The molecular weight excluding hydrogens is 500 g/mol. The third-order valence-electron chi connectivity index (χ3n) is 5.04. The minimum Gasteiger partial charge on any atom is -0.466 e. The van der Waals surface area contributed by atoms with E-state index >= 15 is 0 Å². The van der Waals surface area contributed by atoms with Crippen LogP contribution in [0.3, 0.4) is 0 Å². The Morgan fingerprint density at radius 3 is 2.24 bits per heavy atom. The van der Waals surface area contributed by atoms with Crippen LogP contribution in [-0.2, 0) is 43.5 Å². The van der Waals surface area contributed by atoms with Gasteiger partial charge in [0.05, 0.1) is 19.8 Å². The minimum absolute atomic E-state index is 0.0137. The molecule has 0 bridgehead atoms. The van der Waals surface area contributed by atoms with Gasteiger partial charge in [-0.05, 0) is 39.0 Å². The number of cyclic esters (lactones) is 1. The molecule has 0 amide bonds. The first kappa shape index (κ1) is 24.3. The van der Waals surface area contributed by atoms with Crippen molar-refractivity contribution in [2.45, 2.75) is 32.6 Å². The van der Waals surface area contributed by atoms with Crippen molar-refractivity contribution in [3.8, 4) is 0 Å². The summed E-state index contributed by atoms with van der Waals surface area (Å²) in [6, 6.07) is 4.87. The third kappa shape index (κ3) is 4.08.